The van der Waals surface area contributed by atoms with Gasteiger partial charge in [0.1, 0.15) is 5.01 Å². The van der Waals surface area contributed by atoms with Crippen LogP contribution in [0.5, 0.6) is 0 Å². The Kier molecular flexibility index (Phi) is 6.28. The van der Waals surface area contributed by atoms with Gasteiger partial charge in [0.05, 0.1) is 25.1 Å². The average molecular weight is 359 g/mol. The molecule has 2 rings (SSSR count). The Morgan fingerprint density at radius 3 is 2.91 bits per heavy atom. The molecular formula is C12H13N3O4S3. The third kappa shape index (κ3) is 5.35. The van der Waals surface area contributed by atoms with Crippen LogP contribution in [0.1, 0.15) is 24.0 Å². The number of carbonyl (C=O) groups is 2. The number of aryl methyl sites for hydroxylation is 1. The maximum atomic E-state index is 11.3. The normalized spacial score (nSPS) is 10.6. The van der Waals surface area contributed by atoms with E-state index in [4.69, 9.17) is 9.84 Å². The van der Waals surface area contributed by atoms with Gasteiger partial charge in [0.25, 0.3) is 0 Å². The molecule has 0 fully saturated rings. The highest BCUT2D eigenvalue weighted by Gasteiger charge is 2.12. The van der Waals surface area contributed by atoms with E-state index in [-0.39, 0.29) is 18.8 Å². The Labute approximate surface area is 138 Å². The number of carbonyl (C=O) groups excluding carboxylic acids is 1. The first-order valence-electron chi connectivity index (χ1n) is 6.39. The van der Waals surface area contributed by atoms with Gasteiger partial charge >= 0.3 is 11.9 Å². The summed E-state index contributed by atoms with van der Waals surface area (Å²) in [6, 6.07) is 0. The minimum absolute atomic E-state index is 0.0853. The number of aromatic nitrogens is 3. The number of aliphatic carboxylic acids is 1. The van der Waals surface area contributed by atoms with Gasteiger partial charge in [0, 0.05) is 11.8 Å². The molecule has 0 bridgehead atoms. The molecule has 0 aliphatic heterocycles. The largest absolute Gasteiger partial charge is 0.481 e. The molecule has 1 N–H and O–H groups in total. The van der Waals surface area contributed by atoms with Gasteiger partial charge in [0.15, 0.2) is 8.68 Å². The maximum Gasteiger partial charge on any atom is 0.309 e. The lowest BCUT2D eigenvalue weighted by Gasteiger charge is -1.98. The highest BCUT2D eigenvalue weighted by Crippen LogP contribution is 2.32. The van der Waals surface area contributed by atoms with Gasteiger partial charge in [-0.15, -0.1) is 21.5 Å². The summed E-state index contributed by atoms with van der Waals surface area (Å²) in [5.74, 6) is -1.15. The van der Waals surface area contributed by atoms with Crippen LogP contribution in [0.25, 0.3) is 0 Å². The quantitative estimate of drug-likeness (QED) is 0.716. The van der Waals surface area contributed by atoms with E-state index in [1.165, 1.54) is 34.4 Å². The van der Waals surface area contributed by atoms with Crippen molar-refractivity contribution >= 4 is 46.4 Å². The van der Waals surface area contributed by atoms with Crippen LogP contribution in [-0.4, -0.2) is 38.8 Å². The second-order valence-electron chi connectivity index (χ2n) is 4.04. The Morgan fingerprint density at radius 1 is 1.36 bits per heavy atom. The first-order valence-corrected chi connectivity index (χ1v) is 8.90. The van der Waals surface area contributed by atoms with Gasteiger partial charge in [-0.3, -0.25) is 9.59 Å². The zero-order valence-corrected chi connectivity index (χ0v) is 14.1. The van der Waals surface area contributed by atoms with E-state index in [0.717, 1.165) is 13.7 Å². The van der Waals surface area contributed by atoms with Crippen molar-refractivity contribution in [3.63, 3.8) is 0 Å². The second kappa shape index (κ2) is 8.20. The second-order valence-corrected chi connectivity index (χ2v) is 7.46. The van der Waals surface area contributed by atoms with E-state index < -0.39 is 5.97 Å². The van der Waals surface area contributed by atoms with Gasteiger partial charge in [-0.2, -0.15) is 0 Å². The molecule has 0 saturated heterocycles. The zero-order valence-electron chi connectivity index (χ0n) is 11.6. The fraction of sp³-hybridized carbons (Fsp3) is 0.417. The van der Waals surface area contributed by atoms with Crippen LogP contribution < -0.4 is 0 Å². The van der Waals surface area contributed by atoms with Crippen molar-refractivity contribution in [3.05, 3.63) is 16.1 Å². The summed E-state index contributed by atoms with van der Waals surface area (Å²) >= 11 is 4.11. The molecule has 2 heterocycles. The lowest BCUT2D eigenvalue weighted by atomic mass is 10.3. The third-order valence-electron chi connectivity index (χ3n) is 2.33. The Hall–Kier alpha value is -1.52. The van der Waals surface area contributed by atoms with Crippen molar-refractivity contribution in [1.29, 1.82) is 0 Å². The summed E-state index contributed by atoms with van der Waals surface area (Å²) in [5.41, 5.74) is 0.534. The fourth-order valence-electron chi connectivity index (χ4n) is 1.47. The van der Waals surface area contributed by atoms with Crippen LogP contribution in [0, 0.1) is 0 Å². The lowest BCUT2D eigenvalue weighted by Crippen LogP contribution is -2.04. The molecule has 0 aliphatic rings. The average Bonchev–Trinajstić information content (AvgIpc) is 3.06. The molecule has 0 radical (unpaired) electrons. The summed E-state index contributed by atoms with van der Waals surface area (Å²) in [4.78, 5) is 26.1. The van der Waals surface area contributed by atoms with Gasteiger partial charge < -0.3 is 9.84 Å². The van der Waals surface area contributed by atoms with Gasteiger partial charge in [0.2, 0.25) is 0 Å². The molecule has 0 saturated carbocycles. The Bertz CT molecular complexity index is 656. The smallest absolute Gasteiger partial charge is 0.309 e. The van der Waals surface area contributed by atoms with Crippen molar-refractivity contribution in [2.24, 2.45) is 0 Å². The molecule has 0 spiro atoms. The van der Waals surface area contributed by atoms with Gasteiger partial charge in [-0.05, 0) is 18.7 Å². The molecule has 22 heavy (non-hydrogen) atoms. The van der Waals surface area contributed by atoms with Crippen LogP contribution >= 0.6 is 34.4 Å². The lowest BCUT2D eigenvalue weighted by molar-refractivity contribution is -0.143. The van der Waals surface area contributed by atoms with Gasteiger partial charge in [-0.25, -0.2) is 4.98 Å². The first-order chi connectivity index (χ1) is 10.6. The molecule has 0 amide bonds. The van der Waals surface area contributed by atoms with E-state index in [1.54, 1.807) is 12.3 Å². The maximum absolute atomic E-state index is 11.3. The number of esters is 1. The van der Waals surface area contributed by atoms with Crippen LogP contribution in [0.2, 0.25) is 0 Å². The number of hydrogen-bond acceptors (Lipinski definition) is 9. The molecule has 0 aliphatic carbocycles. The summed E-state index contributed by atoms with van der Waals surface area (Å²) in [7, 11) is 0. The Balaban J connectivity index is 1.87. The van der Waals surface area contributed by atoms with Crippen LogP contribution in [0.4, 0.5) is 0 Å². The number of carboxylic acids is 1. The van der Waals surface area contributed by atoms with Crippen molar-refractivity contribution in [3.8, 4) is 0 Å². The predicted octanol–water partition coefficient (Wildman–Crippen LogP) is 2.27. The SMILES string of the molecule is CCOC(=O)CCc1nnc(Sc2nc(CC(=O)O)cs2)s1. The van der Waals surface area contributed by atoms with Crippen LogP contribution in [-0.2, 0) is 27.2 Å². The van der Waals surface area contributed by atoms with Crippen molar-refractivity contribution in [2.75, 3.05) is 6.61 Å². The topological polar surface area (TPSA) is 102 Å². The summed E-state index contributed by atoms with van der Waals surface area (Å²) in [5, 5.41) is 19.3. The monoisotopic (exact) mass is 359 g/mol. The van der Waals surface area contributed by atoms with Crippen molar-refractivity contribution < 1.29 is 19.4 Å². The number of carboxylic acid groups (broad SMARTS) is 1. The van der Waals surface area contributed by atoms with E-state index in [9.17, 15) is 9.59 Å². The zero-order chi connectivity index (χ0) is 15.9. The molecule has 2 aromatic heterocycles. The fourth-order valence-corrected chi connectivity index (χ4v) is 4.40. The molecule has 0 aromatic carbocycles. The summed E-state index contributed by atoms with van der Waals surface area (Å²) in [6.45, 7) is 2.14. The molecule has 0 unspecified atom stereocenters. The van der Waals surface area contributed by atoms with Crippen molar-refractivity contribution in [1.82, 2.24) is 15.2 Å². The molecule has 10 heteroatoms. The molecular weight excluding hydrogens is 346 g/mol. The van der Waals surface area contributed by atoms with E-state index in [2.05, 4.69) is 15.2 Å². The molecule has 0 atom stereocenters. The standard InChI is InChI=1S/C12H13N3O4S3/c1-2-19-10(18)4-3-8-14-15-12(21-8)22-11-13-7(6-20-11)5-9(16)17/h6H,2-5H2,1H3,(H,16,17). The van der Waals surface area contributed by atoms with E-state index in [0.29, 0.717) is 18.7 Å². The number of rotatable bonds is 8. The number of thiazole rings is 1. The highest BCUT2D eigenvalue weighted by molar-refractivity contribution is 8.02. The minimum Gasteiger partial charge on any atom is -0.481 e. The summed E-state index contributed by atoms with van der Waals surface area (Å²) in [6.07, 6.45) is 0.699. The summed E-state index contributed by atoms with van der Waals surface area (Å²) < 4.78 is 6.30. The number of ether oxygens (including phenoxy) is 1. The molecule has 118 valence electrons. The van der Waals surface area contributed by atoms with Crippen LogP contribution in [0.15, 0.2) is 14.1 Å². The number of nitrogens with zero attached hydrogens (tertiary/aromatic N) is 3. The minimum atomic E-state index is -0.904. The third-order valence-corrected chi connectivity index (χ3v) is 5.36. The van der Waals surface area contributed by atoms with E-state index >= 15 is 0 Å². The number of hydrogen-bond donors (Lipinski definition) is 1. The molecule has 2 aromatic rings. The van der Waals surface area contributed by atoms with Gasteiger partial charge in [-0.1, -0.05) is 11.3 Å². The predicted molar refractivity (Wildman–Crippen MR) is 82.4 cm³/mol. The van der Waals surface area contributed by atoms with Crippen LogP contribution in [0.3, 0.4) is 0 Å². The van der Waals surface area contributed by atoms with E-state index in [1.807, 2.05) is 0 Å². The first kappa shape index (κ1) is 16.8. The Morgan fingerprint density at radius 2 is 2.18 bits per heavy atom. The van der Waals surface area contributed by atoms with Crippen molar-refractivity contribution in [2.45, 2.75) is 34.9 Å². The molecule has 7 nitrogen and oxygen atoms in total. The highest BCUT2D eigenvalue weighted by atomic mass is 32.2.